The van der Waals surface area contributed by atoms with Crippen LogP contribution in [0.3, 0.4) is 0 Å². The Hall–Kier alpha value is -1.76. The van der Waals surface area contributed by atoms with Gasteiger partial charge in [-0.25, -0.2) is 0 Å². The second kappa shape index (κ2) is 5.72. The molecule has 0 amide bonds. The first-order chi connectivity index (χ1) is 8.74. The topological polar surface area (TPSA) is 20.2 Å². The smallest absolute Gasteiger partial charge is 0.122 e. The lowest BCUT2D eigenvalue weighted by Gasteiger charge is -2.19. The van der Waals surface area contributed by atoms with E-state index in [0.29, 0.717) is 5.75 Å². The Morgan fingerprint density at radius 3 is 2.39 bits per heavy atom. The van der Waals surface area contributed by atoms with Gasteiger partial charge in [0.25, 0.3) is 0 Å². The molecule has 2 aromatic rings. The van der Waals surface area contributed by atoms with Crippen molar-refractivity contribution in [2.45, 2.75) is 32.6 Å². The van der Waals surface area contributed by atoms with Gasteiger partial charge in [-0.2, -0.15) is 0 Å². The van der Waals surface area contributed by atoms with E-state index in [9.17, 15) is 5.11 Å². The normalized spacial score (nSPS) is 12.3. The van der Waals surface area contributed by atoms with Crippen LogP contribution < -0.4 is 0 Å². The third-order valence-electron chi connectivity index (χ3n) is 3.42. The molecule has 0 aliphatic carbocycles. The molecule has 1 N–H and O–H groups in total. The van der Waals surface area contributed by atoms with E-state index >= 15 is 0 Å². The molecule has 18 heavy (non-hydrogen) atoms. The number of aryl methyl sites for hydroxylation is 1. The van der Waals surface area contributed by atoms with Crippen LogP contribution in [0.1, 0.15) is 42.4 Å². The van der Waals surface area contributed by atoms with Crippen molar-refractivity contribution in [2.24, 2.45) is 0 Å². The average molecular weight is 240 g/mol. The van der Waals surface area contributed by atoms with Crippen molar-refractivity contribution < 1.29 is 5.11 Å². The number of para-hydroxylation sites is 1. The summed E-state index contributed by atoms with van der Waals surface area (Å²) >= 11 is 0. The van der Waals surface area contributed by atoms with Gasteiger partial charge in [-0.15, -0.1) is 0 Å². The molecule has 2 aromatic carbocycles. The third kappa shape index (κ3) is 2.56. The molecule has 0 fully saturated rings. The zero-order valence-electron chi connectivity index (χ0n) is 11.1. The summed E-state index contributed by atoms with van der Waals surface area (Å²) in [7, 11) is 0. The van der Waals surface area contributed by atoms with Crippen molar-refractivity contribution in [1.29, 1.82) is 0 Å². The van der Waals surface area contributed by atoms with E-state index in [4.69, 9.17) is 0 Å². The van der Waals surface area contributed by atoms with Crippen molar-refractivity contribution in [3.05, 3.63) is 65.2 Å². The van der Waals surface area contributed by atoms with Crippen molar-refractivity contribution in [3.8, 4) is 5.75 Å². The second-order valence-electron chi connectivity index (χ2n) is 4.76. The summed E-state index contributed by atoms with van der Waals surface area (Å²) in [5, 5.41) is 10.3. The zero-order chi connectivity index (χ0) is 13.0. The molecule has 1 nitrogen and oxygen atoms in total. The number of benzene rings is 2. The molecule has 0 spiro atoms. The molecular weight excluding hydrogens is 220 g/mol. The van der Waals surface area contributed by atoms with E-state index < -0.39 is 0 Å². The largest absolute Gasteiger partial charge is 0.507 e. The number of rotatable bonds is 4. The van der Waals surface area contributed by atoms with Crippen LogP contribution in [0.15, 0.2) is 48.5 Å². The van der Waals surface area contributed by atoms with Gasteiger partial charge in [-0.1, -0.05) is 61.9 Å². The van der Waals surface area contributed by atoms with Gasteiger partial charge in [0.2, 0.25) is 0 Å². The van der Waals surface area contributed by atoms with Crippen LogP contribution in [0.25, 0.3) is 0 Å². The first-order valence-corrected chi connectivity index (χ1v) is 6.57. The Kier molecular flexibility index (Phi) is 4.03. The number of aromatic hydroxyl groups is 1. The predicted molar refractivity (Wildman–Crippen MR) is 76.0 cm³/mol. The summed E-state index contributed by atoms with van der Waals surface area (Å²) in [6.07, 6.45) is 2.16. The van der Waals surface area contributed by atoms with Gasteiger partial charge in [0.05, 0.1) is 0 Å². The van der Waals surface area contributed by atoms with Crippen molar-refractivity contribution in [3.63, 3.8) is 0 Å². The molecule has 0 aromatic heterocycles. The summed E-state index contributed by atoms with van der Waals surface area (Å²) in [5.41, 5.74) is 3.27. The molecule has 0 radical (unpaired) electrons. The van der Waals surface area contributed by atoms with Crippen LogP contribution >= 0.6 is 0 Å². The van der Waals surface area contributed by atoms with Gasteiger partial charge in [0.15, 0.2) is 0 Å². The zero-order valence-corrected chi connectivity index (χ0v) is 11.1. The molecule has 0 saturated carbocycles. The monoisotopic (exact) mass is 240 g/mol. The van der Waals surface area contributed by atoms with Crippen LogP contribution in [-0.4, -0.2) is 5.11 Å². The first-order valence-electron chi connectivity index (χ1n) is 6.57. The van der Waals surface area contributed by atoms with Crippen LogP contribution in [0.5, 0.6) is 5.75 Å². The highest BCUT2D eigenvalue weighted by Crippen LogP contribution is 2.36. The van der Waals surface area contributed by atoms with Gasteiger partial charge < -0.3 is 5.11 Å². The SMILES string of the molecule is CCCC(c1ccccc1)c1cccc(C)c1O. The highest BCUT2D eigenvalue weighted by molar-refractivity contribution is 5.45. The number of hydrogen-bond acceptors (Lipinski definition) is 1. The van der Waals surface area contributed by atoms with Gasteiger partial charge in [-0.3, -0.25) is 0 Å². The summed E-state index contributed by atoms with van der Waals surface area (Å²) in [5.74, 6) is 0.732. The Morgan fingerprint density at radius 1 is 1.00 bits per heavy atom. The fourth-order valence-electron chi connectivity index (χ4n) is 2.44. The highest BCUT2D eigenvalue weighted by Gasteiger charge is 2.17. The minimum absolute atomic E-state index is 0.288. The molecule has 94 valence electrons. The van der Waals surface area contributed by atoms with E-state index in [0.717, 1.165) is 24.0 Å². The maximum absolute atomic E-state index is 10.3. The van der Waals surface area contributed by atoms with E-state index in [1.165, 1.54) is 5.56 Å². The van der Waals surface area contributed by atoms with Gasteiger partial charge >= 0.3 is 0 Å². The lowest BCUT2D eigenvalue weighted by atomic mass is 9.86. The molecule has 1 heteroatoms. The van der Waals surface area contributed by atoms with E-state index in [1.54, 1.807) is 0 Å². The summed E-state index contributed by atoms with van der Waals surface area (Å²) in [6.45, 7) is 4.13. The van der Waals surface area contributed by atoms with Crippen LogP contribution in [0, 0.1) is 6.92 Å². The lowest BCUT2D eigenvalue weighted by Crippen LogP contribution is -2.01. The van der Waals surface area contributed by atoms with E-state index in [1.807, 2.05) is 31.2 Å². The standard InChI is InChI=1S/C17H20O/c1-3-8-15(14-10-5-4-6-11-14)16-12-7-9-13(2)17(16)18/h4-7,9-12,15,18H,3,8H2,1-2H3. The van der Waals surface area contributed by atoms with Crippen molar-refractivity contribution in [1.82, 2.24) is 0 Å². The van der Waals surface area contributed by atoms with Gasteiger partial charge in [0.1, 0.15) is 5.75 Å². The van der Waals surface area contributed by atoms with Crippen LogP contribution in [0.4, 0.5) is 0 Å². The Labute approximate surface area is 109 Å². The van der Waals surface area contributed by atoms with Crippen molar-refractivity contribution >= 4 is 0 Å². The minimum atomic E-state index is 0.288. The molecule has 1 atom stereocenters. The summed E-state index contributed by atoms with van der Waals surface area (Å²) < 4.78 is 0. The van der Waals surface area contributed by atoms with Crippen molar-refractivity contribution in [2.75, 3.05) is 0 Å². The predicted octanol–water partition coefficient (Wildman–Crippen LogP) is 4.63. The van der Waals surface area contributed by atoms with E-state index in [-0.39, 0.29) is 5.92 Å². The molecule has 0 heterocycles. The average Bonchev–Trinajstić information content (AvgIpc) is 2.41. The van der Waals surface area contributed by atoms with Crippen LogP contribution in [-0.2, 0) is 0 Å². The quantitative estimate of drug-likeness (QED) is 0.826. The molecule has 0 aliphatic rings. The molecule has 0 bridgehead atoms. The molecular formula is C17H20O. The Bertz CT molecular complexity index is 502. The fourth-order valence-corrected chi connectivity index (χ4v) is 2.44. The van der Waals surface area contributed by atoms with E-state index in [2.05, 4.69) is 31.2 Å². The van der Waals surface area contributed by atoms with Gasteiger partial charge in [0, 0.05) is 11.5 Å². The highest BCUT2D eigenvalue weighted by atomic mass is 16.3. The molecule has 2 rings (SSSR count). The molecule has 0 aliphatic heterocycles. The minimum Gasteiger partial charge on any atom is -0.507 e. The second-order valence-corrected chi connectivity index (χ2v) is 4.76. The lowest BCUT2D eigenvalue weighted by molar-refractivity contribution is 0.458. The molecule has 0 saturated heterocycles. The number of hydrogen-bond donors (Lipinski definition) is 1. The maximum Gasteiger partial charge on any atom is 0.122 e. The number of phenols is 1. The summed E-state index contributed by atoms with van der Waals surface area (Å²) in [6, 6.07) is 16.4. The first kappa shape index (κ1) is 12.7. The third-order valence-corrected chi connectivity index (χ3v) is 3.42. The maximum atomic E-state index is 10.3. The summed E-state index contributed by atoms with van der Waals surface area (Å²) in [4.78, 5) is 0. The fraction of sp³-hybridized carbons (Fsp3) is 0.294. The molecule has 1 unspecified atom stereocenters. The Balaban J connectivity index is 2.45. The van der Waals surface area contributed by atoms with Crippen LogP contribution in [0.2, 0.25) is 0 Å². The Morgan fingerprint density at radius 2 is 1.72 bits per heavy atom. The van der Waals surface area contributed by atoms with Gasteiger partial charge in [-0.05, 0) is 24.5 Å². The number of phenolic OH excluding ortho intramolecular Hbond substituents is 1.